The van der Waals surface area contributed by atoms with Crippen LogP contribution in [0.1, 0.15) is 37.4 Å². The standard InChI is InChI=1S/C30H32N4O4/c1-18-16-21-9-4-5-10-23(21)29(31-18)32-22-13-11-20(12-14-22)17-24(30(37)38-3)33-25-26(28(36)27(25)35)34-15-7-6-8-19(34)2/h4-5,9-14,16,19,24,33H,6-8,15,17H2,1-3H3,(H,31,32)/t19?,24-/m0/s1. The van der Waals surface area contributed by atoms with Crippen LogP contribution in [0, 0.1) is 6.92 Å². The SMILES string of the molecule is COC(=O)[C@H](Cc1ccc(Nc2nc(C)cc3ccccc23)cc1)Nc1c(N2CCCCC2C)c(=O)c1=O. The Balaban J connectivity index is 1.34. The molecule has 0 aliphatic carbocycles. The summed E-state index contributed by atoms with van der Waals surface area (Å²) in [6.07, 6.45) is 3.33. The van der Waals surface area contributed by atoms with Crippen molar-refractivity contribution in [3.8, 4) is 0 Å². The molecule has 1 aliphatic rings. The molecule has 3 aromatic carbocycles. The average Bonchev–Trinajstić information content (AvgIpc) is 2.93. The molecule has 2 atom stereocenters. The van der Waals surface area contributed by atoms with Crippen LogP contribution in [-0.2, 0) is 16.0 Å². The number of anilines is 4. The smallest absolute Gasteiger partial charge is 0.328 e. The fourth-order valence-electron chi connectivity index (χ4n) is 5.25. The number of hydrogen-bond donors (Lipinski definition) is 2. The van der Waals surface area contributed by atoms with Crippen molar-refractivity contribution < 1.29 is 9.53 Å². The van der Waals surface area contributed by atoms with Gasteiger partial charge >= 0.3 is 5.97 Å². The number of aryl methyl sites for hydroxylation is 1. The van der Waals surface area contributed by atoms with Gasteiger partial charge in [-0.25, -0.2) is 9.78 Å². The molecule has 4 aromatic rings. The zero-order valence-electron chi connectivity index (χ0n) is 21.9. The first-order chi connectivity index (χ1) is 18.4. The number of ether oxygens (including phenoxy) is 1. The molecule has 0 bridgehead atoms. The molecule has 0 spiro atoms. The number of nitrogens with zero attached hydrogens (tertiary/aromatic N) is 2. The van der Waals surface area contributed by atoms with E-state index < -0.39 is 22.9 Å². The van der Waals surface area contributed by atoms with Crippen LogP contribution < -0.4 is 26.4 Å². The summed E-state index contributed by atoms with van der Waals surface area (Å²) in [6, 6.07) is 17.2. The lowest BCUT2D eigenvalue weighted by Gasteiger charge is -2.37. The fourth-order valence-corrected chi connectivity index (χ4v) is 5.25. The topological polar surface area (TPSA) is 101 Å². The Kier molecular flexibility index (Phi) is 7.13. The van der Waals surface area contributed by atoms with Crippen LogP contribution in [0.25, 0.3) is 10.8 Å². The van der Waals surface area contributed by atoms with Crippen LogP contribution in [0.2, 0.25) is 0 Å². The molecule has 0 amide bonds. The zero-order valence-corrected chi connectivity index (χ0v) is 21.9. The van der Waals surface area contributed by atoms with Gasteiger partial charge in [-0.15, -0.1) is 0 Å². The number of fused-ring (bicyclic) bond motifs is 1. The quantitative estimate of drug-likeness (QED) is 0.264. The third-order valence-corrected chi connectivity index (χ3v) is 7.30. The largest absolute Gasteiger partial charge is 0.467 e. The van der Waals surface area contributed by atoms with Crippen LogP contribution in [0.3, 0.4) is 0 Å². The highest BCUT2D eigenvalue weighted by Crippen LogP contribution is 2.29. The molecule has 8 heteroatoms. The number of aromatic nitrogens is 1. The molecule has 1 aliphatic heterocycles. The molecule has 1 fully saturated rings. The highest BCUT2D eigenvalue weighted by atomic mass is 16.5. The minimum Gasteiger partial charge on any atom is -0.467 e. The Bertz CT molecular complexity index is 1540. The summed E-state index contributed by atoms with van der Waals surface area (Å²) in [6.45, 7) is 4.75. The third kappa shape index (κ3) is 4.98. The molecule has 8 nitrogen and oxygen atoms in total. The van der Waals surface area contributed by atoms with Crippen LogP contribution >= 0.6 is 0 Å². The summed E-state index contributed by atoms with van der Waals surface area (Å²) < 4.78 is 5.02. The van der Waals surface area contributed by atoms with Gasteiger partial charge in [-0.2, -0.15) is 0 Å². The highest BCUT2D eigenvalue weighted by Gasteiger charge is 2.33. The summed E-state index contributed by atoms with van der Waals surface area (Å²) in [5.41, 5.74) is 2.21. The number of hydrogen-bond acceptors (Lipinski definition) is 8. The Hall–Kier alpha value is -4.20. The lowest BCUT2D eigenvalue weighted by Crippen LogP contribution is -2.49. The molecule has 0 radical (unpaired) electrons. The van der Waals surface area contributed by atoms with Gasteiger partial charge in [-0.05, 0) is 62.3 Å². The van der Waals surface area contributed by atoms with E-state index >= 15 is 0 Å². The number of carbonyl (C=O) groups is 1. The number of rotatable bonds is 8. The third-order valence-electron chi connectivity index (χ3n) is 7.30. The molecule has 196 valence electrons. The van der Waals surface area contributed by atoms with Crippen LogP contribution in [0.5, 0.6) is 0 Å². The van der Waals surface area contributed by atoms with Gasteiger partial charge in [-0.3, -0.25) is 9.59 Å². The summed E-state index contributed by atoms with van der Waals surface area (Å²) >= 11 is 0. The number of benzene rings is 2. The van der Waals surface area contributed by atoms with Crippen molar-refractivity contribution in [2.75, 3.05) is 29.2 Å². The first kappa shape index (κ1) is 25.4. The van der Waals surface area contributed by atoms with Crippen LogP contribution in [0.15, 0.2) is 64.2 Å². The lowest BCUT2D eigenvalue weighted by molar-refractivity contribution is -0.141. The van der Waals surface area contributed by atoms with Crippen molar-refractivity contribution in [1.29, 1.82) is 0 Å². The zero-order chi connectivity index (χ0) is 26.8. The van der Waals surface area contributed by atoms with Gasteiger partial charge < -0.3 is 20.3 Å². The first-order valence-corrected chi connectivity index (χ1v) is 13.0. The van der Waals surface area contributed by atoms with E-state index in [1.165, 1.54) is 7.11 Å². The molecule has 2 heterocycles. The fraction of sp³-hybridized carbons (Fsp3) is 0.333. The van der Waals surface area contributed by atoms with Crippen molar-refractivity contribution in [2.24, 2.45) is 0 Å². The summed E-state index contributed by atoms with van der Waals surface area (Å²) in [5.74, 6) is 0.287. The number of carbonyl (C=O) groups excluding carboxylic acids is 1. The second kappa shape index (κ2) is 10.7. The molecule has 1 aromatic heterocycles. The Labute approximate surface area is 221 Å². The highest BCUT2D eigenvalue weighted by molar-refractivity contribution is 5.93. The van der Waals surface area contributed by atoms with E-state index in [1.807, 2.05) is 54.3 Å². The van der Waals surface area contributed by atoms with Crippen molar-refractivity contribution in [3.63, 3.8) is 0 Å². The molecule has 1 saturated heterocycles. The predicted octanol–water partition coefficient (Wildman–Crippen LogP) is 4.46. The maximum atomic E-state index is 12.7. The summed E-state index contributed by atoms with van der Waals surface area (Å²) in [4.78, 5) is 44.3. The van der Waals surface area contributed by atoms with Gasteiger partial charge in [0.1, 0.15) is 23.2 Å². The summed E-state index contributed by atoms with van der Waals surface area (Å²) in [5, 5.41) is 8.59. The molecule has 0 saturated carbocycles. The molecular formula is C30H32N4O4. The maximum absolute atomic E-state index is 12.7. The van der Waals surface area contributed by atoms with E-state index in [1.54, 1.807) is 0 Å². The minimum atomic E-state index is -0.802. The second-order valence-electron chi connectivity index (χ2n) is 10.00. The minimum absolute atomic E-state index is 0.171. The number of nitrogens with one attached hydrogen (secondary N) is 2. The van der Waals surface area contributed by atoms with Gasteiger partial charge in [0.05, 0.1) is 7.11 Å². The van der Waals surface area contributed by atoms with Crippen molar-refractivity contribution in [3.05, 3.63) is 86.3 Å². The molecular weight excluding hydrogens is 480 g/mol. The lowest BCUT2D eigenvalue weighted by atomic mass is 9.99. The average molecular weight is 513 g/mol. The van der Waals surface area contributed by atoms with Crippen LogP contribution in [0.4, 0.5) is 22.9 Å². The van der Waals surface area contributed by atoms with Gasteiger partial charge in [0.2, 0.25) is 0 Å². The van der Waals surface area contributed by atoms with Crippen molar-refractivity contribution in [1.82, 2.24) is 4.98 Å². The van der Waals surface area contributed by atoms with E-state index in [2.05, 4.69) is 34.7 Å². The molecule has 1 unspecified atom stereocenters. The van der Waals surface area contributed by atoms with Gasteiger partial charge in [-0.1, -0.05) is 36.4 Å². The molecule has 2 N–H and O–H groups in total. The normalized spacial score (nSPS) is 16.4. The van der Waals surface area contributed by atoms with Gasteiger partial charge in [0.25, 0.3) is 10.9 Å². The van der Waals surface area contributed by atoms with Crippen LogP contribution in [-0.4, -0.2) is 36.7 Å². The van der Waals surface area contributed by atoms with Gasteiger partial charge in [0, 0.05) is 35.8 Å². The first-order valence-electron chi connectivity index (χ1n) is 13.0. The van der Waals surface area contributed by atoms with Crippen molar-refractivity contribution >= 4 is 39.6 Å². The van der Waals surface area contributed by atoms with E-state index in [0.717, 1.165) is 59.3 Å². The molecule has 38 heavy (non-hydrogen) atoms. The van der Waals surface area contributed by atoms with E-state index in [9.17, 15) is 14.4 Å². The van der Waals surface area contributed by atoms with E-state index in [-0.39, 0.29) is 11.7 Å². The second-order valence-corrected chi connectivity index (χ2v) is 10.00. The Morgan fingerprint density at radius 2 is 1.87 bits per heavy atom. The van der Waals surface area contributed by atoms with Gasteiger partial charge in [0.15, 0.2) is 0 Å². The monoisotopic (exact) mass is 512 g/mol. The predicted molar refractivity (Wildman–Crippen MR) is 151 cm³/mol. The van der Waals surface area contributed by atoms with E-state index in [0.29, 0.717) is 12.1 Å². The number of esters is 1. The number of piperidine rings is 1. The number of pyridine rings is 1. The maximum Gasteiger partial charge on any atom is 0.328 e. The molecule has 5 rings (SSSR count). The summed E-state index contributed by atoms with van der Waals surface area (Å²) in [7, 11) is 1.32. The Morgan fingerprint density at radius 3 is 2.61 bits per heavy atom. The van der Waals surface area contributed by atoms with E-state index in [4.69, 9.17) is 4.74 Å². The Morgan fingerprint density at radius 1 is 1.11 bits per heavy atom. The van der Waals surface area contributed by atoms with Crippen molar-refractivity contribution in [2.45, 2.75) is 51.6 Å². The number of methoxy groups -OCH3 is 1.